The van der Waals surface area contributed by atoms with Crippen LogP contribution in [0.2, 0.25) is 0 Å². The fraction of sp³-hybridized carbons (Fsp3) is 0.889. The van der Waals surface area contributed by atoms with Gasteiger partial charge in [0.1, 0.15) is 5.54 Å². The van der Waals surface area contributed by atoms with Crippen LogP contribution in [0.4, 0.5) is 0 Å². The van der Waals surface area contributed by atoms with Crippen molar-refractivity contribution < 1.29 is 19.7 Å². The predicted octanol–water partition coefficient (Wildman–Crippen LogP) is -2.08. The molecular formula is C9H18N2O4. The molecule has 1 saturated heterocycles. The molecule has 0 bridgehead atoms. The summed E-state index contributed by atoms with van der Waals surface area (Å²) in [6, 6.07) is 0. The molecule has 15 heavy (non-hydrogen) atoms. The Kier molecular flexibility index (Phi) is 4.46. The SMILES string of the molecule is NC1(C(=O)N(CCO)CCO)CCOC1. The summed E-state index contributed by atoms with van der Waals surface area (Å²) in [7, 11) is 0. The Bertz CT molecular complexity index is 210. The summed E-state index contributed by atoms with van der Waals surface area (Å²) in [6.07, 6.45) is 0.485. The van der Waals surface area contributed by atoms with E-state index in [0.717, 1.165) is 0 Å². The summed E-state index contributed by atoms with van der Waals surface area (Å²) < 4.78 is 5.09. The second kappa shape index (κ2) is 5.41. The van der Waals surface area contributed by atoms with Gasteiger partial charge in [0.2, 0.25) is 5.91 Å². The summed E-state index contributed by atoms with van der Waals surface area (Å²) >= 11 is 0. The topological polar surface area (TPSA) is 96.0 Å². The normalized spacial score (nSPS) is 25.5. The van der Waals surface area contributed by atoms with E-state index < -0.39 is 5.54 Å². The second-order valence-electron chi connectivity index (χ2n) is 3.70. The molecule has 1 rings (SSSR count). The van der Waals surface area contributed by atoms with Crippen molar-refractivity contribution in [3.8, 4) is 0 Å². The maximum absolute atomic E-state index is 11.9. The zero-order chi connectivity index (χ0) is 11.3. The van der Waals surface area contributed by atoms with Crippen LogP contribution in [-0.2, 0) is 9.53 Å². The maximum Gasteiger partial charge on any atom is 0.245 e. The number of nitrogens with zero attached hydrogens (tertiary/aromatic N) is 1. The van der Waals surface area contributed by atoms with Crippen molar-refractivity contribution in [2.75, 3.05) is 39.5 Å². The van der Waals surface area contributed by atoms with Gasteiger partial charge in [-0.05, 0) is 6.42 Å². The molecule has 6 heteroatoms. The average molecular weight is 218 g/mol. The highest BCUT2D eigenvalue weighted by atomic mass is 16.5. The van der Waals surface area contributed by atoms with Crippen molar-refractivity contribution in [2.45, 2.75) is 12.0 Å². The Morgan fingerprint density at radius 3 is 2.40 bits per heavy atom. The molecule has 0 saturated carbocycles. The van der Waals surface area contributed by atoms with E-state index in [2.05, 4.69) is 0 Å². The van der Waals surface area contributed by atoms with Crippen LogP contribution in [-0.4, -0.2) is 66.1 Å². The van der Waals surface area contributed by atoms with Crippen LogP contribution in [0.3, 0.4) is 0 Å². The minimum absolute atomic E-state index is 0.136. The fourth-order valence-corrected chi connectivity index (χ4v) is 1.62. The van der Waals surface area contributed by atoms with E-state index in [-0.39, 0.29) is 38.8 Å². The van der Waals surface area contributed by atoms with E-state index in [1.165, 1.54) is 4.90 Å². The first-order chi connectivity index (χ1) is 7.14. The molecule has 1 fully saturated rings. The molecule has 0 aliphatic carbocycles. The first kappa shape index (κ1) is 12.4. The van der Waals surface area contributed by atoms with Crippen LogP contribution in [0.25, 0.3) is 0 Å². The number of rotatable bonds is 5. The lowest BCUT2D eigenvalue weighted by Crippen LogP contribution is -2.57. The van der Waals surface area contributed by atoms with E-state index in [1.54, 1.807) is 0 Å². The molecule has 0 aromatic carbocycles. The van der Waals surface area contributed by atoms with E-state index in [4.69, 9.17) is 20.7 Å². The summed E-state index contributed by atoms with van der Waals surface area (Å²) in [5.41, 5.74) is 4.90. The summed E-state index contributed by atoms with van der Waals surface area (Å²) in [6.45, 7) is 0.801. The molecule has 6 nitrogen and oxygen atoms in total. The van der Waals surface area contributed by atoms with Crippen LogP contribution >= 0.6 is 0 Å². The number of hydrogen-bond acceptors (Lipinski definition) is 5. The lowest BCUT2D eigenvalue weighted by molar-refractivity contribution is -0.138. The molecule has 0 spiro atoms. The smallest absolute Gasteiger partial charge is 0.245 e. The molecule has 88 valence electrons. The van der Waals surface area contributed by atoms with Gasteiger partial charge in [0, 0.05) is 19.7 Å². The highest BCUT2D eigenvalue weighted by molar-refractivity contribution is 5.86. The van der Waals surface area contributed by atoms with Gasteiger partial charge < -0.3 is 25.6 Å². The second-order valence-corrected chi connectivity index (χ2v) is 3.70. The number of aliphatic hydroxyl groups excluding tert-OH is 2. The Morgan fingerprint density at radius 1 is 1.40 bits per heavy atom. The zero-order valence-electron chi connectivity index (χ0n) is 8.69. The molecular weight excluding hydrogens is 200 g/mol. The Morgan fingerprint density at radius 2 is 2.00 bits per heavy atom. The van der Waals surface area contributed by atoms with Crippen LogP contribution in [0.1, 0.15) is 6.42 Å². The Labute approximate surface area is 88.6 Å². The minimum Gasteiger partial charge on any atom is -0.395 e. The van der Waals surface area contributed by atoms with Gasteiger partial charge in [-0.15, -0.1) is 0 Å². The van der Waals surface area contributed by atoms with Crippen LogP contribution < -0.4 is 5.73 Å². The maximum atomic E-state index is 11.9. The molecule has 0 radical (unpaired) electrons. The summed E-state index contributed by atoms with van der Waals surface area (Å²) in [5, 5.41) is 17.6. The van der Waals surface area contributed by atoms with Crippen LogP contribution in [0, 0.1) is 0 Å². The van der Waals surface area contributed by atoms with E-state index in [0.29, 0.717) is 13.0 Å². The van der Waals surface area contributed by atoms with Gasteiger partial charge in [0.15, 0.2) is 0 Å². The standard InChI is InChI=1S/C9H18N2O4/c10-9(1-6-15-7-9)8(14)11(2-4-12)3-5-13/h12-13H,1-7,10H2. The van der Waals surface area contributed by atoms with Crippen LogP contribution in [0.5, 0.6) is 0 Å². The van der Waals surface area contributed by atoms with Gasteiger partial charge in [-0.1, -0.05) is 0 Å². The minimum atomic E-state index is -0.982. The number of nitrogens with two attached hydrogens (primary N) is 1. The first-order valence-electron chi connectivity index (χ1n) is 5.02. The lowest BCUT2D eigenvalue weighted by atomic mass is 9.98. The van der Waals surface area contributed by atoms with Gasteiger partial charge >= 0.3 is 0 Å². The highest BCUT2D eigenvalue weighted by Crippen LogP contribution is 2.18. The predicted molar refractivity (Wildman–Crippen MR) is 53.1 cm³/mol. The van der Waals surface area contributed by atoms with Crippen LogP contribution in [0.15, 0.2) is 0 Å². The number of aliphatic hydroxyl groups is 2. The van der Waals surface area contributed by atoms with Crippen molar-refractivity contribution in [1.29, 1.82) is 0 Å². The monoisotopic (exact) mass is 218 g/mol. The van der Waals surface area contributed by atoms with Crippen molar-refractivity contribution in [2.24, 2.45) is 5.73 Å². The van der Waals surface area contributed by atoms with E-state index >= 15 is 0 Å². The largest absolute Gasteiger partial charge is 0.395 e. The molecule has 1 amide bonds. The molecule has 4 N–H and O–H groups in total. The number of ether oxygens (including phenoxy) is 1. The number of amides is 1. The average Bonchev–Trinajstić information content (AvgIpc) is 2.65. The third-order valence-electron chi connectivity index (χ3n) is 2.51. The van der Waals surface area contributed by atoms with Crippen molar-refractivity contribution in [1.82, 2.24) is 4.90 Å². The Balaban J connectivity index is 2.61. The van der Waals surface area contributed by atoms with Gasteiger partial charge in [-0.3, -0.25) is 4.79 Å². The molecule has 1 atom stereocenters. The molecule has 1 aliphatic heterocycles. The molecule has 0 aromatic heterocycles. The van der Waals surface area contributed by atoms with Gasteiger partial charge in [0.25, 0.3) is 0 Å². The van der Waals surface area contributed by atoms with Gasteiger partial charge in [-0.25, -0.2) is 0 Å². The third-order valence-corrected chi connectivity index (χ3v) is 2.51. The molecule has 0 aromatic rings. The lowest BCUT2D eigenvalue weighted by Gasteiger charge is -2.29. The zero-order valence-corrected chi connectivity index (χ0v) is 8.69. The first-order valence-corrected chi connectivity index (χ1v) is 5.02. The third kappa shape index (κ3) is 2.88. The van der Waals surface area contributed by atoms with E-state index in [9.17, 15) is 4.79 Å². The van der Waals surface area contributed by atoms with E-state index in [1.807, 2.05) is 0 Å². The van der Waals surface area contributed by atoms with Gasteiger partial charge in [0.05, 0.1) is 19.8 Å². The summed E-state index contributed by atoms with van der Waals surface area (Å²) in [5.74, 6) is -0.261. The number of carbonyl (C=O) groups excluding carboxylic acids is 1. The highest BCUT2D eigenvalue weighted by Gasteiger charge is 2.40. The van der Waals surface area contributed by atoms with Crippen molar-refractivity contribution >= 4 is 5.91 Å². The summed E-state index contributed by atoms with van der Waals surface area (Å²) in [4.78, 5) is 13.3. The van der Waals surface area contributed by atoms with Crippen molar-refractivity contribution in [3.05, 3.63) is 0 Å². The fourth-order valence-electron chi connectivity index (χ4n) is 1.62. The Hall–Kier alpha value is -0.690. The number of carbonyl (C=O) groups is 1. The molecule has 1 unspecified atom stereocenters. The molecule has 1 aliphatic rings. The number of hydrogen-bond donors (Lipinski definition) is 3. The van der Waals surface area contributed by atoms with Gasteiger partial charge in [-0.2, -0.15) is 0 Å². The molecule has 1 heterocycles. The van der Waals surface area contributed by atoms with Crippen molar-refractivity contribution in [3.63, 3.8) is 0 Å². The quantitative estimate of drug-likeness (QED) is 0.492.